The van der Waals surface area contributed by atoms with Gasteiger partial charge in [-0.15, -0.1) is 0 Å². The first-order valence-electron chi connectivity index (χ1n) is 7.08. The molecule has 2 N–H and O–H groups in total. The Labute approximate surface area is 111 Å². The molecule has 0 aromatic carbocycles. The van der Waals surface area contributed by atoms with E-state index in [9.17, 15) is 4.79 Å². The third-order valence-electron chi connectivity index (χ3n) is 3.73. The van der Waals surface area contributed by atoms with Crippen LogP contribution in [0.25, 0.3) is 0 Å². The molecule has 106 valence electrons. The lowest BCUT2D eigenvalue weighted by atomic mass is 9.93. The third-order valence-corrected chi connectivity index (χ3v) is 3.73. The minimum atomic E-state index is 0.234. The first-order valence-corrected chi connectivity index (χ1v) is 7.08. The lowest BCUT2D eigenvalue weighted by Gasteiger charge is -2.32. The second kappa shape index (κ2) is 7.74. The van der Waals surface area contributed by atoms with Crippen LogP contribution < -0.4 is 5.73 Å². The summed E-state index contributed by atoms with van der Waals surface area (Å²) in [6.45, 7) is 6.50. The second-order valence-corrected chi connectivity index (χ2v) is 5.78. The van der Waals surface area contributed by atoms with E-state index in [2.05, 4.69) is 13.8 Å². The Bertz CT molecular complexity index is 250. The Morgan fingerprint density at radius 3 is 2.50 bits per heavy atom. The number of carbonyl (C=O) groups is 1. The highest BCUT2D eigenvalue weighted by molar-refractivity contribution is 5.76. The highest BCUT2D eigenvalue weighted by Gasteiger charge is 2.24. The molecule has 0 aliphatic carbocycles. The molecule has 1 fully saturated rings. The van der Waals surface area contributed by atoms with Gasteiger partial charge in [-0.2, -0.15) is 0 Å². The summed E-state index contributed by atoms with van der Waals surface area (Å²) in [6.07, 6.45) is 3.53. The van der Waals surface area contributed by atoms with Gasteiger partial charge in [0.25, 0.3) is 0 Å². The summed E-state index contributed by atoms with van der Waals surface area (Å²) in [7, 11) is 1.92. The van der Waals surface area contributed by atoms with Crippen LogP contribution in [-0.2, 0) is 9.53 Å². The number of hydrogen-bond acceptors (Lipinski definition) is 3. The normalized spacial score (nSPS) is 18.9. The molecule has 0 spiro atoms. The zero-order chi connectivity index (χ0) is 13.5. The van der Waals surface area contributed by atoms with Crippen molar-refractivity contribution in [3.8, 4) is 0 Å². The Kier molecular flexibility index (Phi) is 6.65. The van der Waals surface area contributed by atoms with Gasteiger partial charge >= 0.3 is 0 Å². The molecular formula is C14H28N2O2. The molecule has 0 radical (unpaired) electrons. The zero-order valence-corrected chi connectivity index (χ0v) is 12.0. The van der Waals surface area contributed by atoms with Crippen LogP contribution in [0.2, 0.25) is 0 Å². The molecule has 0 aromatic heterocycles. The van der Waals surface area contributed by atoms with Crippen molar-refractivity contribution in [3.05, 3.63) is 0 Å². The molecule has 18 heavy (non-hydrogen) atoms. The largest absolute Gasteiger partial charge is 0.381 e. The molecule has 1 rings (SSSR count). The first-order chi connectivity index (χ1) is 8.54. The molecule has 1 heterocycles. The van der Waals surface area contributed by atoms with Gasteiger partial charge < -0.3 is 15.4 Å². The number of hydrogen-bond donors (Lipinski definition) is 1. The average molecular weight is 256 g/mol. The van der Waals surface area contributed by atoms with Crippen molar-refractivity contribution in [1.29, 1.82) is 0 Å². The summed E-state index contributed by atoms with van der Waals surface area (Å²) in [5.41, 5.74) is 5.76. The second-order valence-electron chi connectivity index (χ2n) is 5.78. The summed E-state index contributed by atoms with van der Waals surface area (Å²) in [4.78, 5) is 14.1. The van der Waals surface area contributed by atoms with E-state index in [0.717, 1.165) is 32.5 Å². The quantitative estimate of drug-likeness (QED) is 0.786. The number of ether oxygens (including phenoxy) is 1. The van der Waals surface area contributed by atoms with E-state index < -0.39 is 0 Å². The summed E-state index contributed by atoms with van der Waals surface area (Å²) >= 11 is 0. The molecule has 1 atom stereocenters. The van der Waals surface area contributed by atoms with Gasteiger partial charge in [0.15, 0.2) is 0 Å². The van der Waals surface area contributed by atoms with Crippen molar-refractivity contribution >= 4 is 5.91 Å². The van der Waals surface area contributed by atoms with Gasteiger partial charge in [-0.3, -0.25) is 4.79 Å². The Balaban J connectivity index is 2.41. The average Bonchev–Trinajstić information content (AvgIpc) is 2.37. The zero-order valence-electron chi connectivity index (χ0n) is 12.0. The molecule has 1 aliphatic rings. The topological polar surface area (TPSA) is 55.6 Å². The smallest absolute Gasteiger partial charge is 0.222 e. The van der Waals surface area contributed by atoms with Gasteiger partial charge in [0.1, 0.15) is 0 Å². The van der Waals surface area contributed by atoms with Crippen LogP contribution in [0.5, 0.6) is 0 Å². The standard InChI is InChI=1S/C14H28N2O2/c1-11(2)8-12(10-15)9-14(17)16(3)13-4-6-18-7-5-13/h11-13H,4-10,15H2,1-3H3. The Hall–Kier alpha value is -0.610. The molecule has 1 unspecified atom stereocenters. The van der Waals surface area contributed by atoms with Crippen molar-refractivity contribution < 1.29 is 9.53 Å². The maximum atomic E-state index is 12.2. The third kappa shape index (κ3) is 4.94. The van der Waals surface area contributed by atoms with E-state index in [0.29, 0.717) is 30.8 Å². The number of carbonyl (C=O) groups excluding carboxylic acids is 1. The van der Waals surface area contributed by atoms with E-state index in [1.807, 2.05) is 11.9 Å². The maximum Gasteiger partial charge on any atom is 0.222 e. The van der Waals surface area contributed by atoms with E-state index in [1.165, 1.54) is 0 Å². The summed E-state index contributed by atoms with van der Waals surface area (Å²) in [5.74, 6) is 1.15. The maximum absolute atomic E-state index is 12.2. The van der Waals surface area contributed by atoms with Gasteiger partial charge in [0, 0.05) is 32.7 Å². The van der Waals surface area contributed by atoms with Crippen LogP contribution in [0.3, 0.4) is 0 Å². The number of rotatable bonds is 6. The summed E-state index contributed by atoms with van der Waals surface area (Å²) in [5, 5.41) is 0. The number of nitrogens with two attached hydrogens (primary N) is 1. The Morgan fingerprint density at radius 1 is 1.39 bits per heavy atom. The molecule has 0 aromatic rings. The monoisotopic (exact) mass is 256 g/mol. The predicted octanol–water partition coefficient (Wildman–Crippen LogP) is 1.63. The van der Waals surface area contributed by atoms with Gasteiger partial charge in [0.2, 0.25) is 5.91 Å². The van der Waals surface area contributed by atoms with Crippen molar-refractivity contribution in [2.45, 2.75) is 45.6 Å². The van der Waals surface area contributed by atoms with Crippen LogP contribution in [0.15, 0.2) is 0 Å². The first kappa shape index (κ1) is 15.4. The van der Waals surface area contributed by atoms with Crippen LogP contribution in [0, 0.1) is 11.8 Å². The highest BCUT2D eigenvalue weighted by atomic mass is 16.5. The van der Waals surface area contributed by atoms with Crippen molar-refractivity contribution in [2.75, 3.05) is 26.8 Å². The summed E-state index contributed by atoms with van der Waals surface area (Å²) in [6, 6.07) is 0.351. The van der Waals surface area contributed by atoms with E-state index >= 15 is 0 Å². The van der Waals surface area contributed by atoms with Gasteiger partial charge in [-0.25, -0.2) is 0 Å². The predicted molar refractivity (Wildman–Crippen MR) is 73.2 cm³/mol. The fourth-order valence-corrected chi connectivity index (χ4v) is 2.60. The van der Waals surface area contributed by atoms with Crippen molar-refractivity contribution in [1.82, 2.24) is 4.90 Å². The number of amides is 1. The molecule has 1 saturated heterocycles. The molecule has 4 nitrogen and oxygen atoms in total. The van der Waals surface area contributed by atoms with Crippen molar-refractivity contribution in [3.63, 3.8) is 0 Å². The fourth-order valence-electron chi connectivity index (χ4n) is 2.60. The number of nitrogens with zero attached hydrogens (tertiary/aromatic N) is 1. The van der Waals surface area contributed by atoms with Gasteiger partial charge in [0.05, 0.1) is 0 Å². The van der Waals surface area contributed by atoms with Crippen LogP contribution in [0.1, 0.15) is 39.5 Å². The fraction of sp³-hybridized carbons (Fsp3) is 0.929. The SMILES string of the molecule is CC(C)CC(CN)CC(=O)N(C)C1CCOCC1. The van der Waals surface area contributed by atoms with Gasteiger partial charge in [-0.05, 0) is 37.6 Å². The Morgan fingerprint density at radius 2 is 2.00 bits per heavy atom. The van der Waals surface area contributed by atoms with Gasteiger partial charge in [-0.1, -0.05) is 13.8 Å². The molecule has 4 heteroatoms. The minimum Gasteiger partial charge on any atom is -0.381 e. The minimum absolute atomic E-state index is 0.234. The molecule has 0 saturated carbocycles. The summed E-state index contributed by atoms with van der Waals surface area (Å²) < 4.78 is 5.33. The van der Waals surface area contributed by atoms with Crippen LogP contribution in [-0.4, -0.2) is 43.7 Å². The highest BCUT2D eigenvalue weighted by Crippen LogP contribution is 2.18. The van der Waals surface area contributed by atoms with E-state index in [4.69, 9.17) is 10.5 Å². The molecule has 0 bridgehead atoms. The molecule has 1 amide bonds. The molecular weight excluding hydrogens is 228 g/mol. The lowest BCUT2D eigenvalue weighted by molar-refractivity contribution is -0.134. The van der Waals surface area contributed by atoms with Crippen LogP contribution >= 0.6 is 0 Å². The lowest BCUT2D eigenvalue weighted by Crippen LogP contribution is -2.41. The molecule has 1 aliphatic heterocycles. The van der Waals surface area contributed by atoms with E-state index in [1.54, 1.807) is 0 Å². The van der Waals surface area contributed by atoms with Crippen molar-refractivity contribution in [2.24, 2.45) is 17.6 Å². The van der Waals surface area contributed by atoms with Crippen LogP contribution in [0.4, 0.5) is 0 Å². The van der Waals surface area contributed by atoms with E-state index in [-0.39, 0.29) is 5.91 Å².